The summed E-state index contributed by atoms with van der Waals surface area (Å²) in [4.78, 5) is 18.9. The van der Waals surface area contributed by atoms with E-state index in [1.807, 2.05) is 12.1 Å². The molecule has 2 heterocycles. The molecule has 1 aromatic heterocycles. The normalized spacial score (nSPS) is 18.6. The van der Waals surface area contributed by atoms with Crippen molar-refractivity contribution in [3.05, 3.63) is 24.2 Å². The zero-order valence-corrected chi connectivity index (χ0v) is 18.4. The van der Waals surface area contributed by atoms with Crippen LogP contribution in [0.1, 0.15) is 44.4 Å². The number of carbonyl (C=O) groups is 1. The molecule has 0 radical (unpaired) electrons. The molecule has 1 aliphatic carbocycles. The van der Waals surface area contributed by atoms with Crippen LogP contribution in [0, 0.1) is 5.92 Å². The van der Waals surface area contributed by atoms with E-state index in [0.717, 1.165) is 44.2 Å². The largest absolute Gasteiger partial charge is 0.468 e. The summed E-state index contributed by atoms with van der Waals surface area (Å²) in [5.41, 5.74) is 0. The van der Waals surface area contributed by atoms with Crippen molar-refractivity contribution in [3.63, 3.8) is 0 Å². The number of hydrogen-bond donors (Lipinski definition) is 3. The molecule has 1 unspecified atom stereocenters. The Labute approximate surface area is 178 Å². The molecule has 2 fully saturated rings. The number of nitrogens with zero attached hydrogens (tertiary/aromatic N) is 2. The molecule has 8 heteroatoms. The monoisotopic (exact) mass is 489 g/mol. The minimum atomic E-state index is 0. The smallest absolute Gasteiger partial charge is 0.223 e. The van der Waals surface area contributed by atoms with E-state index in [-0.39, 0.29) is 41.8 Å². The van der Waals surface area contributed by atoms with Crippen LogP contribution in [0.25, 0.3) is 0 Å². The Bertz CT molecular complexity index is 583. The van der Waals surface area contributed by atoms with Crippen LogP contribution in [0.5, 0.6) is 0 Å². The summed E-state index contributed by atoms with van der Waals surface area (Å²) in [5.74, 6) is 2.19. The van der Waals surface area contributed by atoms with Crippen LogP contribution >= 0.6 is 24.0 Å². The lowest BCUT2D eigenvalue weighted by molar-refractivity contribution is -0.122. The summed E-state index contributed by atoms with van der Waals surface area (Å²) in [6, 6.07) is 4.15. The number of aliphatic imine (C=N–C) groups is 1. The third-order valence-corrected chi connectivity index (χ3v) is 4.88. The molecule has 7 nitrogen and oxygen atoms in total. The van der Waals surface area contributed by atoms with Crippen molar-refractivity contribution in [2.75, 3.05) is 39.3 Å². The van der Waals surface area contributed by atoms with Gasteiger partial charge in [0.1, 0.15) is 5.76 Å². The first kappa shape index (κ1) is 22.0. The molecule has 1 aromatic rings. The average Bonchev–Trinajstić information content (AvgIpc) is 3.11. The minimum Gasteiger partial charge on any atom is -0.468 e. The molecule has 152 valence electrons. The first-order valence-electron chi connectivity index (χ1n) is 9.85. The molecule has 0 bridgehead atoms. The summed E-state index contributed by atoms with van der Waals surface area (Å²) in [6.07, 6.45) is 6.27. The fraction of sp³-hybridized carbons (Fsp3) is 0.684. The maximum absolute atomic E-state index is 11.7. The molecule has 1 aliphatic heterocycles. The fourth-order valence-corrected chi connectivity index (χ4v) is 3.30. The van der Waals surface area contributed by atoms with Crippen LogP contribution < -0.4 is 16.0 Å². The summed E-state index contributed by atoms with van der Waals surface area (Å²) in [5, 5.41) is 9.54. The van der Waals surface area contributed by atoms with Gasteiger partial charge in [-0.05, 0) is 57.8 Å². The zero-order valence-electron chi connectivity index (χ0n) is 16.1. The van der Waals surface area contributed by atoms with Gasteiger partial charge in [-0.1, -0.05) is 0 Å². The summed E-state index contributed by atoms with van der Waals surface area (Å²) in [6.45, 7) is 6.98. The molecular formula is C19H32IN5O2. The summed E-state index contributed by atoms with van der Waals surface area (Å²) < 4.78 is 5.65. The molecule has 2 aliphatic rings. The molecule has 27 heavy (non-hydrogen) atoms. The number of hydrogen-bond acceptors (Lipinski definition) is 4. The summed E-state index contributed by atoms with van der Waals surface area (Å²) >= 11 is 0. The van der Waals surface area contributed by atoms with Crippen molar-refractivity contribution in [2.24, 2.45) is 10.9 Å². The Kier molecular flexibility index (Phi) is 9.40. The van der Waals surface area contributed by atoms with Gasteiger partial charge < -0.3 is 20.4 Å². The Morgan fingerprint density at radius 1 is 1.26 bits per heavy atom. The molecule has 1 saturated carbocycles. The molecule has 3 N–H and O–H groups in total. The van der Waals surface area contributed by atoms with E-state index in [1.54, 1.807) is 6.26 Å². The zero-order chi connectivity index (χ0) is 18.2. The average molecular weight is 489 g/mol. The number of halogens is 1. The van der Waals surface area contributed by atoms with Gasteiger partial charge in [0.25, 0.3) is 0 Å². The van der Waals surface area contributed by atoms with Crippen molar-refractivity contribution < 1.29 is 9.21 Å². The second-order valence-electron chi connectivity index (χ2n) is 6.99. The Morgan fingerprint density at radius 3 is 2.63 bits per heavy atom. The van der Waals surface area contributed by atoms with Gasteiger partial charge in [-0.25, -0.2) is 0 Å². The van der Waals surface area contributed by atoms with E-state index in [9.17, 15) is 4.79 Å². The molecule has 1 amide bonds. The van der Waals surface area contributed by atoms with Gasteiger partial charge in [0.2, 0.25) is 5.91 Å². The van der Waals surface area contributed by atoms with Gasteiger partial charge >= 0.3 is 0 Å². The van der Waals surface area contributed by atoms with E-state index < -0.39 is 0 Å². The first-order valence-corrected chi connectivity index (χ1v) is 9.85. The van der Waals surface area contributed by atoms with E-state index in [0.29, 0.717) is 19.6 Å². The Balaban J connectivity index is 0.00000261. The molecule has 0 aromatic carbocycles. The Morgan fingerprint density at radius 2 is 2.00 bits per heavy atom. The lowest BCUT2D eigenvalue weighted by atomic mass is 10.2. The highest BCUT2D eigenvalue weighted by molar-refractivity contribution is 14.0. The number of rotatable bonds is 9. The van der Waals surface area contributed by atoms with E-state index in [4.69, 9.17) is 9.41 Å². The lowest BCUT2D eigenvalue weighted by Gasteiger charge is -2.24. The molecule has 0 spiro atoms. The third kappa shape index (κ3) is 6.99. The molecule has 1 atom stereocenters. The molecule has 3 rings (SSSR count). The van der Waals surface area contributed by atoms with Gasteiger partial charge in [0, 0.05) is 25.6 Å². The van der Waals surface area contributed by atoms with E-state index >= 15 is 0 Å². The van der Waals surface area contributed by atoms with Crippen LogP contribution in [0.15, 0.2) is 27.8 Å². The second kappa shape index (κ2) is 11.5. The fourth-order valence-electron chi connectivity index (χ4n) is 3.30. The lowest BCUT2D eigenvalue weighted by Crippen LogP contribution is -2.42. The van der Waals surface area contributed by atoms with Crippen molar-refractivity contribution >= 4 is 35.8 Å². The third-order valence-electron chi connectivity index (χ3n) is 4.88. The van der Waals surface area contributed by atoms with Crippen LogP contribution in [-0.2, 0) is 4.79 Å². The number of likely N-dealkylation sites (tertiary alicyclic amines) is 1. The SMILES string of the molecule is CCNC(=NCC(c1ccco1)N1CCCC1)NCCNC(=O)C1CC1.I. The number of furan rings is 1. The number of nitrogens with one attached hydrogen (secondary N) is 3. The first-order chi connectivity index (χ1) is 12.8. The van der Waals surface area contributed by atoms with Crippen LogP contribution in [0.3, 0.4) is 0 Å². The van der Waals surface area contributed by atoms with Crippen molar-refractivity contribution in [1.29, 1.82) is 0 Å². The molecule has 1 saturated heterocycles. The van der Waals surface area contributed by atoms with Gasteiger partial charge in [-0.15, -0.1) is 24.0 Å². The number of guanidine groups is 1. The topological polar surface area (TPSA) is 81.9 Å². The predicted octanol–water partition coefficient (Wildman–Crippen LogP) is 2.12. The highest BCUT2D eigenvalue weighted by Crippen LogP contribution is 2.28. The van der Waals surface area contributed by atoms with Crippen LogP contribution in [0.2, 0.25) is 0 Å². The van der Waals surface area contributed by atoms with E-state index in [2.05, 4.69) is 27.8 Å². The minimum absolute atomic E-state index is 0. The highest BCUT2D eigenvalue weighted by atomic mass is 127. The summed E-state index contributed by atoms with van der Waals surface area (Å²) in [7, 11) is 0. The quantitative estimate of drug-likeness (QED) is 0.214. The van der Waals surface area contributed by atoms with E-state index in [1.165, 1.54) is 12.8 Å². The van der Waals surface area contributed by atoms with Gasteiger partial charge in [0.05, 0.1) is 18.8 Å². The van der Waals surface area contributed by atoms with Crippen molar-refractivity contribution in [2.45, 2.75) is 38.6 Å². The van der Waals surface area contributed by atoms with Gasteiger partial charge in [-0.3, -0.25) is 14.7 Å². The van der Waals surface area contributed by atoms with Gasteiger partial charge in [-0.2, -0.15) is 0 Å². The Hall–Kier alpha value is -1.29. The number of carbonyl (C=O) groups excluding carboxylic acids is 1. The van der Waals surface area contributed by atoms with Crippen LogP contribution in [-0.4, -0.2) is 56.0 Å². The predicted molar refractivity (Wildman–Crippen MR) is 117 cm³/mol. The maximum atomic E-state index is 11.7. The highest BCUT2D eigenvalue weighted by Gasteiger charge is 2.29. The van der Waals surface area contributed by atoms with Crippen LogP contribution in [0.4, 0.5) is 0 Å². The van der Waals surface area contributed by atoms with Gasteiger partial charge in [0.15, 0.2) is 5.96 Å². The number of amides is 1. The second-order valence-corrected chi connectivity index (χ2v) is 6.99. The van der Waals surface area contributed by atoms with Crippen molar-refractivity contribution in [1.82, 2.24) is 20.9 Å². The standard InChI is InChI=1S/C19H31N5O2.HI/c1-2-20-19(22-10-9-21-18(25)15-7-8-15)23-14-16(17-6-5-13-26-17)24-11-3-4-12-24;/h5-6,13,15-16H,2-4,7-12,14H2,1H3,(H,21,25)(H2,20,22,23);1H. The van der Waals surface area contributed by atoms with Crippen molar-refractivity contribution in [3.8, 4) is 0 Å². The molecular weight excluding hydrogens is 457 g/mol. The maximum Gasteiger partial charge on any atom is 0.223 e.